The van der Waals surface area contributed by atoms with Crippen molar-refractivity contribution in [1.29, 1.82) is 0 Å². The number of hydrogen-bond acceptors (Lipinski definition) is 5. The van der Waals surface area contributed by atoms with Crippen LogP contribution in [0.25, 0.3) is 0 Å². The Morgan fingerprint density at radius 3 is 2.78 bits per heavy atom. The summed E-state index contributed by atoms with van der Waals surface area (Å²) in [5.41, 5.74) is 5.52. The maximum Gasteiger partial charge on any atom is 0.333 e. The van der Waals surface area contributed by atoms with E-state index in [1.807, 2.05) is 17.5 Å². The molecule has 2 aliphatic rings. The molecule has 1 aliphatic heterocycles. The van der Waals surface area contributed by atoms with Crippen LogP contribution in [-0.4, -0.2) is 29.8 Å². The van der Waals surface area contributed by atoms with E-state index in [1.165, 1.54) is 6.42 Å². The summed E-state index contributed by atoms with van der Waals surface area (Å²) >= 11 is 1.55. The van der Waals surface area contributed by atoms with Crippen molar-refractivity contribution in [2.45, 2.75) is 50.7 Å². The number of rotatable bonds is 3. The molecule has 0 aromatic carbocycles. The van der Waals surface area contributed by atoms with E-state index in [-0.39, 0.29) is 12.1 Å². The van der Waals surface area contributed by atoms with Crippen molar-refractivity contribution in [3.8, 4) is 0 Å². The van der Waals surface area contributed by atoms with Gasteiger partial charge in [-0.2, -0.15) is 0 Å². The maximum atomic E-state index is 12.0. The van der Waals surface area contributed by atoms with Gasteiger partial charge in [0.25, 0.3) is 5.91 Å². The van der Waals surface area contributed by atoms with E-state index in [2.05, 4.69) is 21.3 Å². The fourth-order valence-corrected chi connectivity index (χ4v) is 3.49. The first-order valence-electron chi connectivity index (χ1n) is 7.85. The number of urea groups is 1. The van der Waals surface area contributed by atoms with Crippen molar-refractivity contribution >= 4 is 29.0 Å². The van der Waals surface area contributed by atoms with Gasteiger partial charge in [-0.1, -0.05) is 30.5 Å². The first kappa shape index (κ1) is 15.8. The molecule has 0 saturated heterocycles. The van der Waals surface area contributed by atoms with Gasteiger partial charge in [0.2, 0.25) is 6.10 Å². The maximum absolute atomic E-state index is 12.0. The third-order valence-electron chi connectivity index (χ3n) is 4.01. The summed E-state index contributed by atoms with van der Waals surface area (Å²) in [5.74, 6) is -0.404. The van der Waals surface area contributed by atoms with Gasteiger partial charge in [-0.3, -0.25) is 10.2 Å². The summed E-state index contributed by atoms with van der Waals surface area (Å²) in [5, 5.41) is 8.75. The van der Waals surface area contributed by atoms with E-state index in [0.29, 0.717) is 6.42 Å². The van der Waals surface area contributed by atoms with Crippen LogP contribution in [0.4, 0.5) is 4.79 Å². The van der Waals surface area contributed by atoms with Crippen LogP contribution < -0.4 is 16.2 Å². The number of hydrazine groups is 1. The molecule has 124 valence electrons. The molecular formula is C15H20N4O3S. The fraction of sp³-hybridized carbons (Fsp3) is 0.533. The van der Waals surface area contributed by atoms with E-state index < -0.39 is 12.0 Å². The Bertz CT molecular complexity index is 582. The van der Waals surface area contributed by atoms with Gasteiger partial charge in [0.05, 0.1) is 4.88 Å². The van der Waals surface area contributed by atoms with Crippen LogP contribution in [0.5, 0.6) is 0 Å². The Hall–Kier alpha value is -2.09. The molecule has 1 aliphatic carbocycles. The number of oxime groups is 1. The topological polar surface area (TPSA) is 91.8 Å². The van der Waals surface area contributed by atoms with Crippen LogP contribution in [0, 0.1) is 0 Å². The number of amides is 3. The average Bonchev–Trinajstić information content (AvgIpc) is 3.24. The smallest absolute Gasteiger partial charge is 0.333 e. The average molecular weight is 336 g/mol. The molecule has 0 radical (unpaired) electrons. The summed E-state index contributed by atoms with van der Waals surface area (Å²) in [6.45, 7) is 0. The third-order valence-corrected chi connectivity index (χ3v) is 4.93. The Morgan fingerprint density at radius 2 is 2.04 bits per heavy atom. The molecule has 7 nitrogen and oxygen atoms in total. The summed E-state index contributed by atoms with van der Waals surface area (Å²) in [6.07, 6.45) is 5.17. The molecule has 1 aromatic rings. The molecule has 0 spiro atoms. The van der Waals surface area contributed by atoms with Crippen LogP contribution in [0.1, 0.15) is 43.4 Å². The zero-order valence-corrected chi connectivity index (χ0v) is 13.5. The monoisotopic (exact) mass is 336 g/mol. The Morgan fingerprint density at radius 1 is 1.22 bits per heavy atom. The number of nitrogens with one attached hydrogen (secondary N) is 3. The van der Waals surface area contributed by atoms with Gasteiger partial charge in [0, 0.05) is 12.5 Å². The highest BCUT2D eigenvalue weighted by Gasteiger charge is 2.29. The number of carbonyl (C=O) groups is 2. The zero-order valence-electron chi connectivity index (χ0n) is 12.7. The van der Waals surface area contributed by atoms with Crippen molar-refractivity contribution in [3.05, 3.63) is 22.4 Å². The van der Waals surface area contributed by atoms with Crippen LogP contribution in [0.3, 0.4) is 0 Å². The molecule has 23 heavy (non-hydrogen) atoms. The molecule has 1 aromatic heterocycles. The molecule has 3 amide bonds. The SMILES string of the molecule is O=C(NNC(=O)[C@H]1CC(c2cccs2)=NO1)NC1CCCCC1. The van der Waals surface area contributed by atoms with E-state index in [1.54, 1.807) is 11.3 Å². The molecule has 3 rings (SSSR count). The molecular weight excluding hydrogens is 316 g/mol. The fourth-order valence-electron chi connectivity index (χ4n) is 2.77. The first-order valence-corrected chi connectivity index (χ1v) is 8.73. The van der Waals surface area contributed by atoms with Crippen LogP contribution in [0.2, 0.25) is 0 Å². The standard InChI is InChI=1S/C15H20N4O3S/c20-14(12-9-11(19-22-12)13-7-4-8-23-13)17-18-15(21)16-10-5-2-1-3-6-10/h4,7-8,10,12H,1-3,5-6,9H2,(H,17,20)(H2,16,18,21)/t12-/m1/s1. The third kappa shape index (κ3) is 4.22. The van der Waals surface area contributed by atoms with Gasteiger partial charge >= 0.3 is 6.03 Å². The van der Waals surface area contributed by atoms with E-state index in [0.717, 1.165) is 36.3 Å². The summed E-state index contributed by atoms with van der Waals surface area (Å²) in [7, 11) is 0. The van der Waals surface area contributed by atoms with Gasteiger partial charge in [-0.15, -0.1) is 11.3 Å². The zero-order chi connectivity index (χ0) is 16.1. The second-order valence-corrected chi connectivity index (χ2v) is 6.68. The van der Waals surface area contributed by atoms with Crippen LogP contribution in [0.15, 0.2) is 22.7 Å². The second kappa shape index (κ2) is 7.45. The van der Waals surface area contributed by atoms with E-state index in [4.69, 9.17) is 4.84 Å². The predicted molar refractivity (Wildman–Crippen MR) is 87.0 cm³/mol. The number of hydrogen-bond donors (Lipinski definition) is 3. The van der Waals surface area contributed by atoms with Gasteiger partial charge in [-0.05, 0) is 24.3 Å². The van der Waals surface area contributed by atoms with Crippen molar-refractivity contribution in [2.24, 2.45) is 5.16 Å². The Kier molecular flexibility index (Phi) is 5.12. The lowest BCUT2D eigenvalue weighted by molar-refractivity contribution is -0.131. The van der Waals surface area contributed by atoms with E-state index >= 15 is 0 Å². The molecule has 3 N–H and O–H groups in total. The molecule has 1 atom stereocenters. The lowest BCUT2D eigenvalue weighted by Crippen LogP contribution is -2.52. The molecule has 0 bridgehead atoms. The minimum Gasteiger partial charge on any atom is -0.382 e. The number of carbonyl (C=O) groups excluding carboxylic acids is 2. The van der Waals surface area contributed by atoms with Crippen LogP contribution >= 0.6 is 11.3 Å². The first-order chi connectivity index (χ1) is 11.2. The molecule has 1 fully saturated rings. The quantitative estimate of drug-likeness (QED) is 0.736. The van der Waals surface area contributed by atoms with Gasteiger partial charge < -0.3 is 10.2 Å². The highest BCUT2D eigenvalue weighted by Crippen LogP contribution is 2.20. The normalized spacial score (nSPS) is 21.2. The highest BCUT2D eigenvalue weighted by molar-refractivity contribution is 7.12. The predicted octanol–water partition coefficient (Wildman–Crippen LogP) is 1.90. The highest BCUT2D eigenvalue weighted by atomic mass is 32.1. The van der Waals surface area contributed by atoms with Gasteiger partial charge in [0.15, 0.2) is 0 Å². The van der Waals surface area contributed by atoms with Gasteiger partial charge in [0.1, 0.15) is 5.71 Å². The lowest BCUT2D eigenvalue weighted by atomic mass is 9.96. The summed E-state index contributed by atoms with van der Waals surface area (Å²) in [6, 6.07) is 3.66. The minimum absolute atomic E-state index is 0.192. The van der Waals surface area contributed by atoms with Crippen LogP contribution in [-0.2, 0) is 9.63 Å². The summed E-state index contributed by atoms with van der Waals surface area (Å²) < 4.78 is 0. The Labute approximate surface area is 138 Å². The van der Waals surface area contributed by atoms with Crippen molar-refractivity contribution < 1.29 is 14.4 Å². The Balaban J connectivity index is 1.39. The second-order valence-electron chi connectivity index (χ2n) is 5.74. The van der Waals surface area contributed by atoms with E-state index in [9.17, 15) is 9.59 Å². The molecule has 2 heterocycles. The van der Waals surface area contributed by atoms with Crippen molar-refractivity contribution in [2.75, 3.05) is 0 Å². The minimum atomic E-state index is -0.706. The molecule has 0 unspecified atom stereocenters. The molecule has 1 saturated carbocycles. The molecule has 8 heteroatoms. The van der Waals surface area contributed by atoms with Crippen molar-refractivity contribution in [1.82, 2.24) is 16.2 Å². The summed E-state index contributed by atoms with van der Waals surface area (Å²) in [4.78, 5) is 29.9. The lowest BCUT2D eigenvalue weighted by Gasteiger charge is -2.23. The number of nitrogens with zero attached hydrogens (tertiary/aromatic N) is 1. The van der Waals surface area contributed by atoms with Gasteiger partial charge in [-0.25, -0.2) is 10.2 Å². The van der Waals surface area contributed by atoms with Crippen molar-refractivity contribution in [3.63, 3.8) is 0 Å². The largest absolute Gasteiger partial charge is 0.382 e. The number of thiophene rings is 1.